The molecule has 1 saturated heterocycles. The van der Waals surface area contributed by atoms with Crippen LogP contribution in [0.2, 0.25) is 0 Å². The lowest BCUT2D eigenvalue weighted by Gasteiger charge is -2.18. The molecule has 0 radical (unpaired) electrons. The molecule has 33 heavy (non-hydrogen) atoms. The fourth-order valence-electron chi connectivity index (χ4n) is 3.82. The van der Waals surface area contributed by atoms with E-state index in [0.29, 0.717) is 30.6 Å². The van der Waals surface area contributed by atoms with Crippen LogP contribution in [0.1, 0.15) is 18.4 Å². The summed E-state index contributed by atoms with van der Waals surface area (Å²) in [5.74, 6) is 1.46. The molecule has 8 nitrogen and oxygen atoms in total. The number of ether oxygens (including phenoxy) is 3. The Morgan fingerprint density at radius 2 is 1.97 bits per heavy atom. The van der Waals surface area contributed by atoms with E-state index < -0.39 is 0 Å². The SMILES string of the molecule is S=C(NC[C@@H]1CCCO1)N/N=C\c1cn(-c2ccccc2)nc1-c1ccc2c(c1)OCCO2. The summed E-state index contributed by atoms with van der Waals surface area (Å²) in [5, 5.41) is 12.8. The van der Waals surface area contributed by atoms with Crippen LogP contribution in [0.25, 0.3) is 16.9 Å². The van der Waals surface area contributed by atoms with Crippen molar-refractivity contribution in [2.45, 2.75) is 18.9 Å². The molecule has 0 bridgehead atoms. The van der Waals surface area contributed by atoms with Gasteiger partial charge >= 0.3 is 0 Å². The molecule has 2 aromatic carbocycles. The highest BCUT2D eigenvalue weighted by atomic mass is 32.1. The van der Waals surface area contributed by atoms with Gasteiger partial charge in [0.25, 0.3) is 0 Å². The molecule has 0 aliphatic carbocycles. The number of aromatic nitrogens is 2. The third-order valence-electron chi connectivity index (χ3n) is 5.46. The summed E-state index contributed by atoms with van der Waals surface area (Å²) >= 11 is 5.34. The lowest BCUT2D eigenvalue weighted by Crippen LogP contribution is -2.37. The van der Waals surface area contributed by atoms with Gasteiger partial charge in [0, 0.05) is 30.5 Å². The molecule has 0 spiro atoms. The molecular formula is C24H25N5O3S. The molecule has 2 N–H and O–H groups in total. The highest BCUT2D eigenvalue weighted by Crippen LogP contribution is 2.35. The average Bonchev–Trinajstić information content (AvgIpc) is 3.53. The van der Waals surface area contributed by atoms with E-state index in [1.807, 2.05) is 59.4 Å². The lowest BCUT2D eigenvalue weighted by molar-refractivity contribution is 0.114. The zero-order chi connectivity index (χ0) is 22.5. The summed E-state index contributed by atoms with van der Waals surface area (Å²) in [7, 11) is 0. The number of nitrogens with one attached hydrogen (secondary N) is 2. The number of hydrazone groups is 1. The predicted molar refractivity (Wildman–Crippen MR) is 130 cm³/mol. The minimum absolute atomic E-state index is 0.208. The van der Waals surface area contributed by atoms with Gasteiger partial charge in [-0.15, -0.1) is 0 Å². The second-order valence-electron chi connectivity index (χ2n) is 7.79. The number of benzene rings is 2. The summed E-state index contributed by atoms with van der Waals surface area (Å²) in [6, 6.07) is 15.8. The summed E-state index contributed by atoms with van der Waals surface area (Å²) < 4.78 is 18.9. The maximum absolute atomic E-state index is 5.76. The van der Waals surface area contributed by atoms with Crippen LogP contribution in [0, 0.1) is 0 Å². The summed E-state index contributed by atoms with van der Waals surface area (Å²) in [4.78, 5) is 0. The van der Waals surface area contributed by atoms with Gasteiger partial charge in [-0.25, -0.2) is 4.68 Å². The number of para-hydroxylation sites is 1. The Bertz CT molecular complexity index is 1140. The first-order valence-corrected chi connectivity index (χ1v) is 11.4. The van der Waals surface area contributed by atoms with Crippen LogP contribution in [0.3, 0.4) is 0 Å². The van der Waals surface area contributed by atoms with E-state index >= 15 is 0 Å². The zero-order valence-corrected chi connectivity index (χ0v) is 18.9. The van der Waals surface area contributed by atoms with E-state index in [4.69, 9.17) is 31.5 Å². The van der Waals surface area contributed by atoms with Gasteiger partial charge in [-0.2, -0.15) is 10.2 Å². The average molecular weight is 464 g/mol. The molecule has 0 saturated carbocycles. The summed E-state index contributed by atoms with van der Waals surface area (Å²) in [5.41, 5.74) is 6.37. The molecule has 1 atom stereocenters. The van der Waals surface area contributed by atoms with Gasteiger partial charge in [-0.3, -0.25) is 5.43 Å². The van der Waals surface area contributed by atoms with Crippen LogP contribution in [0.5, 0.6) is 11.5 Å². The standard InChI is InChI=1S/C24H25N5O3S/c33-24(25-15-20-7-4-10-30-20)27-26-14-18-16-29(19-5-2-1-3-6-19)28-23(18)17-8-9-21-22(13-17)32-12-11-31-21/h1-3,5-6,8-9,13-14,16,20H,4,7,10-12,15H2,(H2,25,27,33)/b26-14-/t20-/m0/s1. The molecule has 0 unspecified atom stereocenters. The van der Waals surface area contributed by atoms with Crippen molar-refractivity contribution in [3.63, 3.8) is 0 Å². The van der Waals surface area contributed by atoms with E-state index in [2.05, 4.69) is 15.8 Å². The Morgan fingerprint density at radius 1 is 1.12 bits per heavy atom. The maximum atomic E-state index is 5.76. The van der Waals surface area contributed by atoms with Crippen molar-refractivity contribution in [1.82, 2.24) is 20.5 Å². The quantitative estimate of drug-likeness (QED) is 0.330. The number of nitrogens with zero attached hydrogens (tertiary/aromatic N) is 3. The second kappa shape index (κ2) is 10.0. The van der Waals surface area contributed by atoms with Crippen LogP contribution in [-0.4, -0.2) is 53.6 Å². The number of hydrogen-bond donors (Lipinski definition) is 2. The first kappa shape index (κ1) is 21.4. The van der Waals surface area contributed by atoms with Crippen LogP contribution in [-0.2, 0) is 4.74 Å². The molecule has 2 aliphatic rings. The number of fused-ring (bicyclic) bond motifs is 1. The van der Waals surface area contributed by atoms with Crippen LogP contribution in [0.4, 0.5) is 0 Å². The van der Waals surface area contributed by atoms with Crippen molar-refractivity contribution in [2.75, 3.05) is 26.4 Å². The van der Waals surface area contributed by atoms with Gasteiger partial charge in [-0.05, 0) is 55.4 Å². The molecule has 2 aliphatic heterocycles. The Labute approximate surface area is 197 Å². The topological polar surface area (TPSA) is 81.9 Å². The van der Waals surface area contributed by atoms with Crippen molar-refractivity contribution in [3.05, 3.63) is 60.3 Å². The van der Waals surface area contributed by atoms with E-state index in [0.717, 1.165) is 47.7 Å². The maximum Gasteiger partial charge on any atom is 0.187 e. The highest BCUT2D eigenvalue weighted by molar-refractivity contribution is 7.80. The minimum Gasteiger partial charge on any atom is -0.486 e. The fourth-order valence-corrected chi connectivity index (χ4v) is 3.96. The third-order valence-corrected chi connectivity index (χ3v) is 5.70. The van der Waals surface area contributed by atoms with Gasteiger partial charge in [0.2, 0.25) is 0 Å². The van der Waals surface area contributed by atoms with Crippen molar-refractivity contribution >= 4 is 23.5 Å². The van der Waals surface area contributed by atoms with Gasteiger partial charge in [0.1, 0.15) is 18.9 Å². The number of hydrogen-bond acceptors (Lipinski definition) is 6. The minimum atomic E-state index is 0.208. The molecule has 3 heterocycles. The van der Waals surface area contributed by atoms with E-state index in [9.17, 15) is 0 Å². The molecule has 1 aromatic heterocycles. The highest BCUT2D eigenvalue weighted by Gasteiger charge is 2.17. The summed E-state index contributed by atoms with van der Waals surface area (Å²) in [6.07, 6.45) is 6.02. The van der Waals surface area contributed by atoms with Crippen LogP contribution in [0.15, 0.2) is 59.8 Å². The second-order valence-corrected chi connectivity index (χ2v) is 8.19. The van der Waals surface area contributed by atoms with Crippen molar-refractivity contribution in [1.29, 1.82) is 0 Å². The fraction of sp³-hybridized carbons (Fsp3) is 0.292. The first-order valence-electron chi connectivity index (χ1n) is 11.0. The Kier molecular flexibility index (Phi) is 6.50. The van der Waals surface area contributed by atoms with E-state index in [1.54, 1.807) is 6.21 Å². The molecular weight excluding hydrogens is 438 g/mol. The van der Waals surface area contributed by atoms with Gasteiger partial charge in [0.05, 0.1) is 18.0 Å². The van der Waals surface area contributed by atoms with Crippen LogP contribution >= 0.6 is 12.2 Å². The molecule has 0 amide bonds. The smallest absolute Gasteiger partial charge is 0.187 e. The lowest BCUT2D eigenvalue weighted by atomic mass is 10.1. The van der Waals surface area contributed by atoms with Crippen LogP contribution < -0.4 is 20.2 Å². The number of rotatable bonds is 6. The van der Waals surface area contributed by atoms with E-state index in [-0.39, 0.29) is 6.10 Å². The number of thiocarbonyl (C=S) groups is 1. The Morgan fingerprint density at radius 3 is 2.79 bits per heavy atom. The Balaban J connectivity index is 1.36. The Hall–Kier alpha value is -3.43. The van der Waals surface area contributed by atoms with Gasteiger partial charge in [-0.1, -0.05) is 18.2 Å². The molecule has 1 fully saturated rings. The van der Waals surface area contributed by atoms with Gasteiger partial charge < -0.3 is 19.5 Å². The molecule has 5 rings (SSSR count). The van der Waals surface area contributed by atoms with Crippen molar-refractivity contribution in [2.24, 2.45) is 5.10 Å². The molecule has 170 valence electrons. The third kappa shape index (κ3) is 5.15. The first-order chi connectivity index (χ1) is 16.3. The van der Waals surface area contributed by atoms with Crippen molar-refractivity contribution < 1.29 is 14.2 Å². The monoisotopic (exact) mass is 463 g/mol. The van der Waals surface area contributed by atoms with E-state index in [1.165, 1.54) is 0 Å². The largest absolute Gasteiger partial charge is 0.486 e. The molecule has 3 aromatic rings. The predicted octanol–water partition coefficient (Wildman–Crippen LogP) is 3.29. The molecule has 9 heteroatoms. The summed E-state index contributed by atoms with van der Waals surface area (Å²) in [6.45, 7) is 2.58. The van der Waals surface area contributed by atoms with Crippen molar-refractivity contribution in [3.8, 4) is 28.4 Å². The zero-order valence-electron chi connectivity index (χ0n) is 18.1. The normalized spacial score (nSPS) is 17.3. The van der Waals surface area contributed by atoms with Gasteiger partial charge in [0.15, 0.2) is 16.6 Å².